The number of ether oxygens (including phenoxy) is 1. The number of rotatable bonds is 50. The zero-order chi connectivity index (χ0) is 50.1. The van der Waals surface area contributed by atoms with E-state index in [0.29, 0.717) is 23.9 Å². The van der Waals surface area contributed by atoms with Gasteiger partial charge in [0.05, 0.1) is 33.8 Å². The van der Waals surface area contributed by atoms with Gasteiger partial charge in [-0.25, -0.2) is 4.57 Å². The van der Waals surface area contributed by atoms with Crippen LogP contribution >= 0.6 is 7.82 Å². The highest BCUT2D eigenvalue weighted by Crippen LogP contribution is 2.43. The summed E-state index contributed by atoms with van der Waals surface area (Å²) in [4.78, 5) is 37.5. The number of phosphoric ester groups is 1. The summed E-state index contributed by atoms with van der Waals surface area (Å²) >= 11 is 0. The summed E-state index contributed by atoms with van der Waals surface area (Å²) in [5.74, 6) is -0.538. The first-order valence-corrected chi connectivity index (χ1v) is 29.6. The summed E-state index contributed by atoms with van der Waals surface area (Å²) in [5.41, 5.74) is 0. The molecule has 396 valence electrons. The fourth-order valence-electron chi connectivity index (χ4n) is 7.88. The van der Waals surface area contributed by atoms with Crippen LogP contribution in [0.2, 0.25) is 0 Å². The molecule has 10 heteroatoms. The van der Waals surface area contributed by atoms with Crippen LogP contribution in [0.5, 0.6) is 0 Å². The molecule has 0 aliphatic heterocycles. The third-order valence-corrected chi connectivity index (χ3v) is 13.2. The molecule has 0 aliphatic carbocycles. The van der Waals surface area contributed by atoms with E-state index in [9.17, 15) is 19.0 Å². The van der Waals surface area contributed by atoms with Gasteiger partial charge in [-0.2, -0.15) is 0 Å². The largest absolute Gasteiger partial charge is 0.472 e. The Bertz CT molecular complexity index is 1350. The Balaban J connectivity index is 5.42. The van der Waals surface area contributed by atoms with Crippen molar-refractivity contribution in [1.82, 2.24) is 5.32 Å². The van der Waals surface area contributed by atoms with E-state index in [1.807, 2.05) is 33.3 Å². The third kappa shape index (κ3) is 48.7. The maximum Gasteiger partial charge on any atom is 0.472 e. The molecule has 0 aromatic rings. The fraction of sp³-hybridized carbons (Fsp3) is 0.793. The Labute approximate surface area is 420 Å². The molecule has 0 fully saturated rings. The zero-order valence-corrected chi connectivity index (χ0v) is 46.0. The minimum atomic E-state index is -4.45. The molecule has 3 unspecified atom stereocenters. The van der Waals surface area contributed by atoms with Crippen molar-refractivity contribution in [3.8, 4) is 0 Å². The van der Waals surface area contributed by atoms with Crippen LogP contribution in [0, 0.1) is 0 Å². The van der Waals surface area contributed by atoms with Gasteiger partial charge in [-0.3, -0.25) is 18.6 Å². The lowest BCUT2D eigenvalue weighted by atomic mass is 10.0. The smallest absolute Gasteiger partial charge is 0.456 e. The summed E-state index contributed by atoms with van der Waals surface area (Å²) in [6, 6.07) is -0.860. The molecule has 0 aromatic carbocycles. The molecule has 0 saturated heterocycles. The number of carbonyl (C=O) groups excluding carboxylic acids is 2. The van der Waals surface area contributed by atoms with Gasteiger partial charge in [-0.1, -0.05) is 217 Å². The highest BCUT2D eigenvalue weighted by Gasteiger charge is 2.30. The van der Waals surface area contributed by atoms with E-state index in [1.54, 1.807) is 0 Å². The second kappa shape index (κ2) is 48.3. The summed E-state index contributed by atoms with van der Waals surface area (Å²) in [5, 5.41) is 3.04. The van der Waals surface area contributed by atoms with Crippen LogP contribution in [0.1, 0.15) is 245 Å². The summed E-state index contributed by atoms with van der Waals surface area (Å²) in [6.07, 6.45) is 59.3. The molecule has 0 heterocycles. The molecule has 0 aliphatic rings. The lowest BCUT2D eigenvalue weighted by molar-refractivity contribution is -0.870. The SMILES string of the molecule is CC/C=C/C=C/C=C\CCCCCCCC(=O)OC(/C=C/CCCCCCCCCCCCC)C(COP(=O)(O)OCC[N+](C)(C)C)NC(=O)CCCCCCC/C=C/CCCCCCCCC. The molecule has 0 saturated carbocycles. The monoisotopic (exact) mass is 976 g/mol. The van der Waals surface area contributed by atoms with Gasteiger partial charge in [0, 0.05) is 12.8 Å². The molecule has 0 aromatic heterocycles. The number of phosphoric acid groups is 1. The molecule has 0 radical (unpaired) electrons. The fourth-order valence-corrected chi connectivity index (χ4v) is 8.61. The Hall–Kier alpha value is -2.29. The summed E-state index contributed by atoms with van der Waals surface area (Å²) in [7, 11) is 1.47. The van der Waals surface area contributed by atoms with Gasteiger partial charge < -0.3 is 19.4 Å². The van der Waals surface area contributed by atoms with Crippen molar-refractivity contribution in [2.24, 2.45) is 0 Å². The standard InChI is InChI=1S/C58H107N2O7P/c1-7-10-13-16-19-22-25-28-29-30-33-35-38-41-44-47-50-57(61)59-55(54-66-68(63,64)65-53-52-60(4,5)6)56(49-46-43-40-37-34-31-26-23-20-17-14-11-8-2)67-58(62)51-48-45-42-39-36-32-27-24-21-18-15-12-9-3/h12,15,18,21,24,27,29-30,46,49,55-56H,7-11,13-14,16-17,19-20,22-23,25-26,28,31-45,47-48,50-54H2,1-6H3,(H-,59,61,63,64)/p+1/b15-12+,21-18+,27-24-,30-29+,49-46+. The Morgan fingerprint density at radius 1 is 0.529 bits per heavy atom. The molecular formula is C58H108N2O7P+. The summed E-state index contributed by atoms with van der Waals surface area (Å²) < 4.78 is 30.6. The van der Waals surface area contributed by atoms with E-state index in [0.717, 1.165) is 96.3 Å². The number of carbonyl (C=O) groups is 2. The van der Waals surface area contributed by atoms with E-state index in [1.165, 1.54) is 109 Å². The van der Waals surface area contributed by atoms with Gasteiger partial charge in [0.1, 0.15) is 19.3 Å². The van der Waals surface area contributed by atoms with Crippen molar-refractivity contribution in [2.75, 3.05) is 40.9 Å². The predicted octanol–water partition coefficient (Wildman–Crippen LogP) is 16.7. The number of nitrogens with one attached hydrogen (secondary N) is 1. The normalized spacial score (nSPS) is 14.3. The van der Waals surface area contributed by atoms with E-state index in [2.05, 4.69) is 74.7 Å². The number of quaternary nitrogens is 1. The van der Waals surface area contributed by atoms with Gasteiger partial charge in [-0.05, 0) is 76.7 Å². The minimum Gasteiger partial charge on any atom is -0.456 e. The van der Waals surface area contributed by atoms with Gasteiger partial charge >= 0.3 is 13.8 Å². The molecule has 68 heavy (non-hydrogen) atoms. The topological polar surface area (TPSA) is 111 Å². The van der Waals surface area contributed by atoms with Crippen LogP contribution in [-0.2, 0) is 27.9 Å². The van der Waals surface area contributed by atoms with Crippen molar-refractivity contribution < 1.29 is 37.3 Å². The number of hydrogen-bond donors (Lipinski definition) is 2. The molecule has 3 atom stereocenters. The van der Waals surface area contributed by atoms with Crippen molar-refractivity contribution in [1.29, 1.82) is 0 Å². The van der Waals surface area contributed by atoms with E-state index >= 15 is 0 Å². The van der Waals surface area contributed by atoms with Crippen LogP contribution in [0.25, 0.3) is 0 Å². The highest BCUT2D eigenvalue weighted by atomic mass is 31.2. The second-order valence-corrected chi connectivity index (χ2v) is 21.6. The summed E-state index contributed by atoms with van der Waals surface area (Å²) in [6.45, 7) is 6.85. The first-order chi connectivity index (χ1) is 32.9. The first-order valence-electron chi connectivity index (χ1n) is 28.1. The molecule has 9 nitrogen and oxygen atoms in total. The maximum absolute atomic E-state index is 13.5. The second-order valence-electron chi connectivity index (χ2n) is 20.1. The average Bonchev–Trinajstić information content (AvgIpc) is 3.29. The quantitative estimate of drug-likeness (QED) is 0.0156. The van der Waals surface area contributed by atoms with Crippen LogP contribution in [0.4, 0.5) is 0 Å². The zero-order valence-electron chi connectivity index (χ0n) is 45.1. The third-order valence-electron chi connectivity index (χ3n) is 12.3. The molecular weight excluding hydrogens is 868 g/mol. The minimum absolute atomic E-state index is 0.0338. The van der Waals surface area contributed by atoms with Crippen molar-refractivity contribution in [2.45, 2.75) is 258 Å². The maximum atomic E-state index is 13.5. The van der Waals surface area contributed by atoms with Crippen LogP contribution < -0.4 is 5.32 Å². The lowest BCUT2D eigenvalue weighted by Crippen LogP contribution is -2.47. The number of unbranched alkanes of at least 4 members (excludes halogenated alkanes) is 28. The molecule has 0 rings (SSSR count). The first kappa shape index (κ1) is 65.7. The highest BCUT2D eigenvalue weighted by molar-refractivity contribution is 7.47. The van der Waals surface area contributed by atoms with E-state index < -0.39 is 20.0 Å². The lowest BCUT2D eigenvalue weighted by Gasteiger charge is -2.27. The van der Waals surface area contributed by atoms with Gasteiger partial charge in [0.25, 0.3) is 0 Å². The van der Waals surface area contributed by atoms with Gasteiger partial charge in [0.15, 0.2) is 0 Å². The van der Waals surface area contributed by atoms with Crippen LogP contribution in [-0.4, -0.2) is 74.3 Å². The molecule has 2 N–H and O–H groups in total. The Morgan fingerprint density at radius 3 is 1.44 bits per heavy atom. The van der Waals surface area contributed by atoms with Crippen molar-refractivity contribution in [3.63, 3.8) is 0 Å². The number of hydrogen-bond acceptors (Lipinski definition) is 6. The Morgan fingerprint density at radius 2 is 0.956 bits per heavy atom. The number of amides is 1. The average molecular weight is 976 g/mol. The van der Waals surface area contributed by atoms with E-state index in [4.69, 9.17) is 13.8 Å². The molecule has 1 amide bonds. The van der Waals surface area contributed by atoms with Gasteiger partial charge in [0.2, 0.25) is 5.91 Å². The van der Waals surface area contributed by atoms with Crippen molar-refractivity contribution in [3.05, 3.63) is 60.8 Å². The molecule has 0 spiro atoms. The van der Waals surface area contributed by atoms with E-state index in [-0.39, 0.29) is 31.5 Å². The molecule has 0 bridgehead atoms. The number of likely N-dealkylation sites (N-methyl/N-ethyl adjacent to an activating group) is 1. The number of allylic oxidation sites excluding steroid dienone is 9. The number of nitrogens with zero attached hydrogens (tertiary/aromatic N) is 1. The Kier molecular flexibility index (Phi) is 46.7. The van der Waals surface area contributed by atoms with Crippen LogP contribution in [0.15, 0.2) is 60.8 Å². The van der Waals surface area contributed by atoms with Crippen LogP contribution in [0.3, 0.4) is 0 Å². The van der Waals surface area contributed by atoms with Gasteiger partial charge in [-0.15, -0.1) is 0 Å². The predicted molar refractivity (Wildman–Crippen MR) is 291 cm³/mol. The number of esters is 1. The van der Waals surface area contributed by atoms with Crippen molar-refractivity contribution >= 4 is 19.7 Å².